The Morgan fingerprint density at radius 3 is 2.35 bits per heavy atom. The number of hydrogen-bond acceptors (Lipinski definition) is 3. The highest BCUT2D eigenvalue weighted by Crippen LogP contribution is 2.09. The number of amides is 1. The van der Waals surface area contributed by atoms with Crippen LogP contribution in [0.15, 0.2) is 24.3 Å². The number of carbonyl (C=O) groups excluding carboxylic acids is 1. The van der Waals surface area contributed by atoms with E-state index in [0.29, 0.717) is 11.4 Å². The molecule has 92 valence electrons. The second-order valence-corrected chi connectivity index (χ2v) is 4.23. The molecule has 5 heteroatoms. The Morgan fingerprint density at radius 2 is 1.82 bits per heavy atom. The molecule has 0 aliphatic carbocycles. The number of unbranched alkanes of at least 4 members (excludes halogenated alkanes) is 1. The zero-order chi connectivity index (χ0) is 12.7. The fraction of sp³-hybridized carbons (Fsp3) is 0.333. The number of carbonyl (C=O) groups is 1. The first-order valence-corrected chi connectivity index (χ1v) is 5.92. The van der Waals surface area contributed by atoms with Gasteiger partial charge in [-0.1, -0.05) is 12.2 Å². The van der Waals surface area contributed by atoms with Gasteiger partial charge < -0.3 is 16.8 Å². The van der Waals surface area contributed by atoms with E-state index in [1.165, 1.54) is 0 Å². The third-order valence-electron chi connectivity index (χ3n) is 2.35. The maximum atomic E-state index is 10.5. The smallest absolute Gasteiger partial charge is 0.217 e. The summed E-state index contributed by atoms with van der Waals surface area (Å²) in [5.41, 5.74) is 12.4. The van der Waals surface area contributed by atoms with Gasteiger partial charge in [0, 0.05) is 24.2 Å². The maximum absolute atomic E-state index is 10.5. The molecule has 1 amide bonds. The Balaban J connectivity index is 2.27. The van der Waals surface area contributed by atoms with Gasteiger partial charge in [0.25, 0.3) is 0 Å². The monoisotopic (exact) mass is 251 g/mol. The summed E-state index contributed by atoms with van der Waals surface area (Å²) in [6.07, 6.45) is 2.18. The first-order chi connectivity index (χ1) is 8.09. The van der Waals surface area contributed by atoms with Gasteiger partial charge in [0.15, 0.2) is 0 Å². The first kappa shape index (κ1) is 13.4. The molecule has 0 atom stereocenters. The van der Waals surface area contributed by atoms with Crippen LogP contribution in [0.1, 0.15) is 24.8 Å². The number of benzene rings is 1. The van der Waals surface area contributed by atoms with E-state index in [9.17, 15) is 4.79 Å². The lowest BCUT2D eigenvalue weighted by molar-refractivity contribution is -0.118. The van der Waals surface area contributed by atoms with Gasteiger partial charge >= 0.3 is 0 Å². The molecule has 0 bridgehead atoms. The SMILES string of the molecule is NC(=O)CCCCNc1ccc(C(N)=S)cc1. The van der Waals surface area contributed by atoms with E-state index >= 15 is 0 Å². The third-order valence-corrected chi connectivity index (χ3v) is 2.58. The van der Waals surface area contributed by atoms with E-state index in [0.717, 1.165) is 30.6 Å². The van der Waals surface area contributed by atoms with Crippen LogP contribution in [0.4, 0.5) is 5.69 Å². The number of nitrogens with one attached hydrogen (secondary N) is 1. The van der Waals surface area contributed by atoms with Crippen molar-refractivity contribution in [3.63, 3.8) is 0 Å². The quantitative estimate of drug-likeness (QED) is 0.505. The van der Waals surface area contributed by atoms with Crippen molar-refractivity contribution in [1.29, 1.82) is 0 Å². The fourth-order valence-electron chi connectivity index (χ4n) is 1.41. The molecule has 0 aromatic heterocycles. The molecular formula is C12H17N3OS. The van der Waals surface area contributed by atoms with Crippen molar-refractivity contribution < 1.29 is 4.79 Å². The molecule has 0 fully saturated rings. The molecule has 0 aliphatic heterocycles. The van der Waals surface area contributed by atoms with Crippen molar-refractivity contribution in [2.75, 3.05) is 11.9 Å². The summed E-state index contributed by atoms with van der Waals surface area (Å²) in [4.78, 5) is 10.9. The summed E-state index contributed by atoms with van der Waals surface area (Å²) in [5.74, 6) is -0.245. The predicted octanol–water partition coefficient (Wildman–Crippen LogP) is 1.39. The third kappa shape index (κ3) is 5.31. The first-order valence-electron chi connectivity index (χ1n) is 5.51. The van der Waals surface area contributed by atoms with Crippen molar-refractivity contribution >= 4 is 28.8 Å². The molecule has 0 unspecified atom stereocenters. The Hall–Kier alpha value is -1.62. The molecule has 4 nitrogen and oxygen atoms in total. The van der Waals surface area contributed by atoms with E-state index in [1.807, 2.05) is 24.3 Å². The van der Waals surface area contributed by atoms with Crippen LogP contribution in [-0.4, -0.2) is 17.4 Å². The number of rotatable bonds is 7. The minimum Gasteiger partial charge on any atom is -0.389 e. The average molecular weight is 251 g/mol. The van der Waals surface area contributed by atoms with Gasteiger partial charge in [0.2, 0.25) is 5.91 Å². The normalized spacial score (nSPS) is 9.88. The molecule has 17 heavy (non-hydrogen) atoms. The van der Waals surface area contributed by atoms with Crippen LogP contribution < -0.4 is 16.8 Å². The summed E-state index contributed by atoms with van der Waals surface area (Å²) in [7, 11) is 0. The summed E-state index contributed by atoms with van der Waals surface area (Å²) < 4.78 is 0. The van der Waals surface area contributed by atoms with Gasteiger partial charge in [-0.05, 0) is 37.1 Å². The summed E-state index contributed by atoms with van der Waals surface area (Å²) in [6, 6.07) is 7.63. The van der Waals surface area contributed by atoms with Gasteiger partial charge in [0.05, 0.1) is 0 Å². The van der Waals surface area contributed by atoms with Crippen molar-refractivity contribution in [2.24, 2.45) is 11.5 Å². The predicted molar refractivity (Wildman–Crippen MR) is 73.9 cm³/mol. The number of nitrogens with two attached hydrogens (primary N) is 2. The van der Waals surface area contributed by atoms with Crippen LogP contribution in [0.25, 0.3) is 0 Å². The van der Waals surface area contributed by atoms with Crippen LogP contribution in [-0.2, 0) is 4.79 Å². The maximum Gasteiger partial charge on any atom is 0.217 e. The molecule has 0 spiro atoms. The van der Waals surface area contributed by atoms with Crippen molar-refractivity contribution in [1.82, 2.24) is 0 Å². The Labute approximate surface area is 106 Å². The Bertz CT molecular complexity index is 389. The summed E-state index contributed by atoms with van der Waals surface area (Å²) >= 11 is 4.87. The van der Waals surface area contributed by atoms with Crippen LogP contribution in [0.3, 0.4) is 0 Å². The zero-order valence-corrected chi connectivity index (χ0v) is 10.4. The number of primary amides is 1. The van der Waals surface area contributed by atoms with Gasteiger partial charge in [-0.3, -0.25) is 4.79 Å². The van der Waals surface area contributed by atoms with Gasteiger partial charge in [-0.2, -0.15) is 0 Å². The van der Waals surface area contributed by atoms with E-state index in [1.54, 1.807) is 0 Å². The molecule has 1 rings (SSSR count). The highest BCUT2D eigenvalue weighted by molar-refractivity contribution is 7.80. The number of thiocarbonyl (C=S) groups is 1. The van der Waals surface area contributed by atoms with Crippen molar-refractivity contribution in [3.8, 4) is 0 Å². The van der Waals surface area contributed by atoms with Crippen LogP contribution in [0.2, 0.25) is 0 Å². The molecule has 0 aliphatic rings. The molecule has 0 saturated carbocycles. The molecule has 0 heterocycles. The standard InChI is InChI=1S/C12H17N3OS/c13-11(16)3-1-2-8-15-10-6-4-9(5-7-10)12(14)17/h4-7,15H,1-3,8H2,(H2,13,16)(H2,14,17). The topological polar surface area (TPSA) is 81.1 Å². The average Bonchev–Trinajstić information content (AvgIpc) is 2.29. The fourth-order valence-corrected chi connectivity index (χ4v) is 1.55. The molecule has 0 radical (unpaired) electrons. The number of hydrogen-bond donors (Lipinski definition) is 3. The summed E-state index contributed by atoms with van der Waals surface area (Å²) in [5, 5.41) is 3.25. The highest BCUT2D eigenvalue weighted by Gasteiger charge is 1.97. The summed E-state index contributed by atoms with van der Waals surface area (Å²) in [6.45, 7) is 0.819. The van der Waals surface area contributed by atoms with Gasteiger partial charge in [-0.25, -0.2) is 0 Å². The molecule has 1 aromatic rings. The molecule has 1 aromatic carbocycles. The number of anilines is 1. The van der Waals surface area contributed by atoms with Crippen molar-refractivity contribution in [3.05, 3.63) is 29.8 Å². The lowest BCUT2D eigenvalue weighted by atomic mass is 10.2. The largest absolute Gasteiger partial charge is 0.389 e. The van der Waals surface area contributed by atoms with Gasteiger partial charge in [0.1, 0.15) is 4.99 Å². The molecule has 0 saturated heterocycles. The van der Waals surface area contributed by atoms with E-state index < -0.39 is 0 Å². The van der Waals surface area contributed by atoms with Crippen LogP contribution >= 0.6 is 12.2 Å². The Morgan fingerprint density at radius 1 is 1.18 bits per heavy atom. The minimum atomic E-state index is -0.245. The van der Waals surface area contributed by atoms with Crippen LogP contribution in [0.5, 0.6) is 0 Å². The lowest BCUT2D eigenvalue weighted by Crippen LogP contribution is -2.11. The second-order valence-electron chi connectivity index (χ2n) is 3.79. The van der Waals surface area contributed by atoms with E-state index in [2.05, 4.69) is 5.32 Å². The Kier molecular flexibility index (Phi) is 5.42. The molecule has 5 N–H and O–H groups in total. The van der Waals surface area contributed by atoms with Gasteiger partial charge in [-0.15, -0.1) is 0 Å². The van der Waals surface area contributed by atoms with E-state index in [4.69, 9.17) is 23.7 Å². The molecular weight excluding hydrogens is 234 g/mol. The van der Waals surface area contributed by atoms with Crippen molar-refractivity contribution in [2.45, 2.75) is 19.3 Å². The minimum absolute atomic E-state index is 0.245. The zero-order valence-electron chi connectivity index (χ0n) is 9.61. The second kappa shape index (κ2) is 6.85. The lowest BCUT2D eigenvalue weighted by Gasteiger charge is -2.06. The highest BCUT2D eigenvalue weighted by atomic mass is 32.1. The van der Waals surface area contributed by atoms with E-state index in [-0.39, 0.29) is 5.91 Å². The van der Waals surface area contributed by atoms with Crippen LogP contribution in [0, 0.1) is 0 Å².